The standard InChI is InChI=1S/C11H15BrN2O/c1-7-5-8(12)6-13-9(7)14-10(15)11(2,3)4/h5-6H,1-4H3,(H,13,14,15). The van der Waals surface area contributed by atoms with Gasteiger partial charge >= 0.3 is 0 Å². The van der Waals surface area contributed by atoms with E-state index in [9.17, 15) is 4.79 Å². The molecule has 0 fully saturated rings. The van der Waals surface area contributed by atoms with Crippen molar-refractivity contribution >= 4 is 27.7 Å². The molecule has 0 aliphatic carbocycles. The summed E-state index contributed by atoms with van der Waals surface area (Å²) in [6, 6.07) is 1.92. The van der Waals surface area contributed by atoms with Crippen molar-refractivity contribution in [3.63, 3.8) is 0 Å². The number of rotatable bonds is 1. The Labute approximate surface area is 98.4 Å². The van der Waals surface area contributed by atoms with Crippen molar-refractivity contribution < 1.29 is 4.79 Å². The van der Waals surface area contributed by atoms with Crippen molar-refractivity contribution in [3.05, 3.63) is 22.3 Å². The van der Waals surface area contributed by atoms with Gasteiger partial charge in [-0.05, 0) is 34.5 Å². The quantitative estimate of drug-likeness (QED) is 0.852. The molecule has 0 spiro atoms. The molecule has 82 valence electrons. The number of carbonyl (C=O) groups is 1. The summed E-state index contributed by atoms with van der Waals surface area (Å²) in [6.07, 6.45) is 1.67. The topological polar surface area (TPSA) is 42.0 Å². The van der Waals surface area contributed by atoms with Gasteiger partial charge in [0.05, 0.1) is 0 Å². The molecule has 1 heterocycles. The van der Waals surface area contributed by atoms with E-state index < -0.39 is 5.41 Å². The summed E-state index contributed by atoms with van der Waals surface area (Å²) in [4.78, 5) is 15.9. The lowest BCUT2D eigenvalue weighted by atomic mass is 9.96. The van der Waals surface area contributed by atoms with Crippen LogP contribution in [0.1, 0.15) is 26.3 Å². The number of nitrogens with zero attached hydrogens (tertiary/aromatic N) is 1. The van der Waals surface area contributed by atoms with Crippen LogP contribution in [0.15, 0.2) is 16.7 Å². The van der Waals surface area contributed by atoms with Gasteiger partial charge in [-0.15, -0.1) is 0 Å². The third kappa shape index (κ3) is 3.30. The first kappa shape index (κ1) is 12.2. The van der Waals surface area contributed by atoms with E-state index in [1.807, 2.05) is 33.8 Å². The number of aryl methyl sites for hydroxylation is 1. The molecule has 0 saturated heterocycles. The Bertz CT molecular complexity index is 383. The molecule has 3 nitrogen and oxygen atoms in total. The van der Waals surface area contributed by atoms with Crippen LogP contribution in [-0.4, -0.2) is 10.9 Å². The first-order valence-electron chi connectivity index (χ1n) is 4.74. The van der Waals surface area contributed by atoms with Crippen molar-refractivity contribution in [2.24, 2.45) is 5.41 Å². The van der Waals surface area contributed by atoms with Gasteiger partial charge in [0, 0.05) is 16.1 Å². The lowest BCUT2D eigenvalue weighted by molar-refractivity contribution is -0.123. The maximum Gasteiger partial charge on any atom is 0.230 e. The van der Waals surface area contributed by atoms with Gasteiger partial charge in [0.25, 0.3) is 0 Å². The van der Waals surface area contributed by atoms with Gasteiger partial charge in [-0.3, -0.25) is 4.79 Å². The van der Waals surface area contributed by atoms with E-state index in [2.05, 4.69) is 26.2 Å². The molecule has 0 atom stereocenters. The summed E-state index contributed by atoms with van der Waals surface area (Å²) in [7, 11) is 0. The minimum absolute atomic E-state index is 0.0274. The molecule has 0 aromatic carbocycles. The van der Waals surface area contributed by atoms with Crippen LogP contribution in [0.25, 0.3) is 0 Å². The Morgan fingerprint density at radius 2 is 2.07 bits per heavy atom. The molecule has 1 amide bonds. The molecule has 0 saturated carbocycles. The summed E-state index contributed by atoms with van der Waals surface area (Å²) >= 11 is 3.33. The second-order valence-corrected chi connectivity index (χ2v) is 5.44. The van der Waals surface area contributed by atoms with Crippen LogP contribution < -0.4 is 5.32 Å². The van der Waals surface area contributed by atoms with Crippen LogP contribution in [0.2, 0.25) is 0 Å². The number of anilines is 1. The van der Waals surface area contributed by atoms with Gasteiger partial charge in [-0.1, -0.05) is 20.8 Å². The molecular weight excluding hydrogens is 256 g/mol. The molecule has 15 heavy (non-hydrogen) atoms. The number of hydrogen-bond acceptors (Lipinski definition) is 2. The number of hydrogen-bond donors (Lipinski definition) is 1. The highest BCUT2D eigenvalue weighted by Gasteiger charge is 2.21. The van der Waals surface area contributed by atoms with E-state index in [-0.39, 0.29) is 5.91 Å². The third-order valence-corrected chi connectivity index (χ3v) is 2.39. The minimum Gasteiger partial charge on any atom is -0.310 e. The van der Waals surface area contributed by atoms with Gasteiger partial charge in [0.15, 0.2) is 0 Å². The summed E-state index contributed by atoms with van der Waals surface area (Å²) in [6.45, 7) is 7.53. The van der Waals surface area contributed by atoms with Gasteiger partial charge in [-0.2, -0.15) is 0 Å². The van der Waals surface area contributed by atoms with E-state index in [1.165, 1.54) is 0 Å². The molecule has 0 aliphatic heterocycles. The van der Waals surface area contributed by atoms with Crippen molar-refractivity contribution in [2.75, 3.05) is 5.32 Å². The molecule has 0 aliphatic rings. The molecule has 1 rings (SSSR count). The van der Waals surface area contributed by atoms with Gasteiger partial charge in [0.2, 0.25) is 5.91 Å². The third-order valence-electron chi connectivity index (χ3n) is 1.96. The predicted octanol–water partition coefficient (Wildman–Crippen LogP) is 3.14. The summed E-state index contributed by atoms with van der Waals surface area (Å²) in [5, 5.41) is 2.81. The maximum absolute atomic E-state index is 11.7. The SMILES string of the molecule is Cc1cc(Br)cnc1NC(=O)C(C)(C)C. The minimum atomic E-state index is -0.402. The molecule has 0 bridgehead atoms. The Kier molecular flexibility index (Phi) is 3.50. The smallest absolute Gasteiger partial charge is 0.230 e. The van der Waals surface area contributed by atoms with E-state index in [1.54, 1.807) is 6.20 Å². The second-order valence-electron chi connectivity index (χ2n) is 4.52. The van der Waals surface area contributed by atoms with Crippen molar-refractivity contribution in [1.82, 2.24) is 4.98 Å². The van der Waals surface area contributed by atoms with Crippen LogP contribution >= 0.6 is 15.9 Å². The monoisotopic (exact) mass is 270 g/mol. The van der Waals surface area contributed by atoms with Crippen LogP contribution in [0.5, 0.6) is 0 Å². The van der Waals surface area contributed by atoms with Gasteiger partial charge < -0.3 is 5.32 Å². The van der Waals surface area contributed by atoms with E-state index >= 15 is 0 Å². The first-order chi connectivity index (χ1) is 6.80. The largest absolute Gasteiger partial charge is 0.310 e. The highest BCUT2D eigenvalue weighted by Crippen LogP contribution is 2.20. The summed E-state index contributed by atoms with van der Waals surface area (Å²) < 4.78 is 0.911. The molecular formula is C11H15BrN2O. The number of pyridine rings is 1. The molecule has 0 radical (unpaired) electrons. The number of nitrogens with one attached hydrogen (secondary N) is 1. The van der Waals surface area contributed by atoms with Crippen LogP contribution in [0.3, 0.4) is 0 Å². The highest BCUT2D eigenvalue weighted by atomic mass is 79.9. The number of halogens is 1. The fourth-order valence-electron chi connectivity index (χ4n) is 0.966. The normalized spacial score (nSPS) is 11.3. The Morgan fingerprint density at radius 3 is 2.53 bits per heavy atom. The Balaban J connectivity index is 2.87. The fourth-order valence-corrected chi connectivity index (χ4v) is 1.41. The van der Waals surface area contributed by atoms with Crippen molar-refractivity contribution in [3.8, 4) is 0 Å². The molecule has 1 aromatic rings. The van der Waals surface area contributed by atoms with E-state index in [4.69, 9.17) is 0 Å². The lowest BCUT2D eigenvalue weighted by Crippen LogP contribution is -2.28. The summed E-state index contributed by atoms with van der Waals surface area (Å²) in [5.41, 5.74) is 0.545. The summed E-state index contributed by atoms with van der Waals surface area (Å²) in [5.74, 6) is 0.596. The molecule has 4 heteroatoms. The van der Waals surface area contributed by atoms with Crippen LogP contribution in [-0.2, 0) is 4.79 Å². The highest BCUT2D eigenvalue weighted by molar-refractivity contribution is 9.10. The Hall–Kier alpha value is -0.900. The lowest BCUT2D eigenvalue weighted by Gasteiger charge is -2.18. The zero-order chi connectivity index (χ0) is 11.6. The zero-order valence-electron chi connectivity index (χ0n) is 9.39. The zero-order valence-corrected chi connectivity index (χ0v) is 11.0. The average molecular weight is 271 g/mol. The maximum atomic E-state index is 11.7. The number of carbonyl (C=O) groups excluding carboxylic acids is 1. The van der Waals surface area contributed by atoms with E-state index in [0.29, 0.717) is 5.82 Å². The van der Waals surface area contributed by atoms with Crippen LogP contribution in [0.4, 0.5) is 5.82 Å². The van der Waals surface area contributed by atoms with Crippen molar-refractivity contribution in [1.29, 1.82) is 0 Å². The Morgan fingerprint density at radius 1 is 1.47 bits per heavy atom. The van der Waals surface area contributed by atoms with Crippen LogP contribution in [0, 0.1) is 12.3 Å². The second kappa shape index (κ2) is 4.31. The number of amides is 1. The van der Waals surface area contributed by atoms with Gasteiger partial charge in [0.1, 0.15) is 5.82 Å². The molecule has 1 N–H and O–H groups in total. The van der Waals surface area contributed by atoms with Gasteiger partial charge in [-0.25, -0.2) is 4.98 Å². The average Bonchev–Trinajstić information content (AvgIpc) is 2.08. The number of aromatic nitrogens is 1. The van der Waals surface area contributed by atoms with E-state index in [0.717, 1.165) is 10.0 Å². The fraction of sp³-hybridized carbons (Fsp3) is 0.455. The van der Waals surface area contributed by atoms with Crippen molar-refractivity contribution in [2.45, 2.75) is 27.7 Å². The molecule has 0 unspecified atom stereocenters. The first-order valence-corrected chi connectivity index (χ1v) is 5.53. The molecule has 1 aromatic heterocycles. The predicted molar refractivity (Wildman–Crippen MR) is 64.8 cm³/mol.